The zero-order chi connectivity index (χ0) is 17.9. The molecule has 2 heterocycles. The monoisotopic (exact) mass is 343 g/mol. The molecule has 1 saturated heterocycles. The van der Waals surface area contributed by atoms with Crippen LogP contribution in [-0.2, 0) is 12.1 Å². The molecule has 1 aliphatic heterocycles. The van der Waals surface area contributed by atoms with Crippen LogP contribution in [-0.4, -0.2) is 41.2 Å². The lowest BCUT2D eigenvalue weighted by molar-refractivity contribution is 0.346. The van der Waals surface area contributed by atoms with Crippen LogP contribution in [0.5, 0.6) is 5.75 Å². The van der Waals surface area contributed by atoms with Crippen LogP contribution in [0.3, 0.4) is 0 Å². The van der Waals surface area contributed by atoms with Crippen molar-refractivity contribution >= 4 is 5.69 Å². The molecule has 1 N–H and O–H groups in total. The van der Waals surface area contributed by atoms with Crippen molar-refractivity contribution in [3.63, 3.8) is 0 Å². The van der Waals surface area contributed by atoms with E-state index in [1.54, 1.807) is 7.11 Å². The molecule has 1 atom stereocenters. The highest BCUT2D eigenvalue weighted by molar-refractivity contribution is 5.51. The zero-order valence-electron chi connectivity index (χ0n) is 15.7. The highest BCUT2D eigenvalue weighted by Crippen LogP contribution is 2.24. The highest BCUT2D eigenvalue weighted by Gasteiger charge is 2.21. The molecule has 0 saturated carbocycles. The third kappa shape index (κ3) is 4.51. The molecule has 0 spiro atoms. The topological polar surface area (TPSA) is 55.2 Å². The molecule has 6 nitrogen and oxygen atoms in total. The lowest BCUT2D eigenvalue weighted by Crippen LogP contribution is -2.45. The van der Waals surface area contributed by atoms with Gasteiger partial charge in [-0.05, 0) is 45.7 Å². The van der Waals surface area contributed by atoms with Gasteiger partial charge in [-0.25, -0.2) is 4.68 Å². The van der Waals surface area contributed by atoms with Crippen molar-refractivity contribution in [1.29, 1.82) is 0 Å². The maximum atomic E-state index is 5.35. The Morgan fingerprint density at radius 2 is 2.16 bits per heavy atom. The van der Waals surface area contributed by atoms with E-state index in [2.05, 4.69) is 59.5 Å². The maximum Gasteiger partial charge on any atom is 0.120 e. The first kappa shape index (κ1) is 17.7. The Balaban J connectivity index is 1.57. The van der Waals surface area contributed by atoms with E-state index in [9.17, 15) is 0 Å². The first-order valence-corrected chi connectivity index (χ1v) is 9.00. The van der Waals surface area contributed by atoms with E-state index in [0.29, 0.717) is 6.04 Å². The number of nitrogens with zero attached hydrogens (tertiary/aromatic N) is 4. The van der Waals surface area contributed by atoms with Crippen LogP contribution in [0.4, 0.5) is 5.69 Å². The van der Waals surface area contributed by atoms with Crippen molar-refractivity contribution in [2.45, 2.75) is 51.7 Å². The number of hydrogen-bond acceptors (Lipinski definition) is 5. The molecule has 1 aromatic carbocycles. The number of anilines is 1. The number of methoxy groups -OCH3 is 1. The van der Waals surface area contributed by atoms with Gasteiger partial charge in [-0.3, -0.25) is 0 Å². The van der Waals surface area contributed by atoms with E-state index in [1.807, 2.05) is 16.9 Å². The molecule has 0 bridgehead atoms. The fourth-order valence-electron chi connectivity index (χ4n) is 3.14. The second kappa shape index (κ2) is 7.44. The number of nitrogens with one attached hydrogen (secondary N) is 1. The Hall–Kier alpha value is -2.08. The molecule has 0 aliphatic carbocycles. The lowest BCUT2D eigenvalue weighted by atomic mass is 10.0. The van der Waals surface area contributed by atoms with Crippen molar-refractivity contribution in [3.05, 3.63) is 36.2 Å². The third-order valence-electron chi connectivity index (χ3n) is 4.64. The molecule has 3 rings (SSSR count). The summed E-state index contributed by atoms with van der Waals surface area (Å²) >= 11 is 0. The Labute approximate surface area is 150 Å². The van der Waals surface area contributed by atoms with Crippen molar-refractivity contribution in [3.8, 4) is 5.75 Å². The van der Waals surface area contributed by atoms with Gasteiger partial charge in [0.1, 0.15) is 5.75 Å². The number of rotatable bonds is 5. The summed E-state index contributed by atoms with van der Waals surface area (Å²) in [6.45, 7) is 9.24. The molecule has 2 aromatic rings. The van der Waals surface area contributed by atoms with Gasteiger partial charge in [-0.2, -0.15) is 0 Å². The van der Waals surface area contributed by atoms with E-state index >= 15 is 0 Å². The van der Waals surface area contributed by atoms with Gasteiger partial charge in [-0.15, -0.1) is 5.10 Å². The van der Waals surface area contributed by atoms with E-state index in [1.165, 1.54) is 18.5 Å². The van der Waals surface area contributed by atoms with Gasteiger partial charge < -0.3 is 15.0 Å². The predicted molar refractivity (Wildman–Crippen MR) is 100 cm³/mol. The van der Waals surface area contributed by atoms with Crippen LogP contribution in [0.2, 0.25) is 0 Å². The SMILES string of the molecule is COc1cccc(N2CCCC(NCc3cn(C(C)(C)C)nn3)C2)c1. The van der Waals surface area contributed by atoms with Crippen LogP contribution in [0.1, 0.15) is 39.3 Å². The van der Waals surface area contributed by atoms with Crippen LogP contribution < -0.4 is 15.0 Å². The summed E-state index contributed by atoms with van der Waals surface area (Å²) < 4.78 is 7.27. The van der Waals surface area contributed by atoms with E-state index in [4.69, 9.17) is 4.74 Å². The van der Waals surface area contributed by atoms with Gasteiger partial charge in [0.25, 0.3) is 0 Å². The molecule has 0 radical (unpaired) electrons. The van der Waals surface area contributed by atoms with Gasteiger partial charge in [0.15, 0.2) is 0 Å². The normalized spacial score (nSPS) is 18.4. The Kier molecular flexibility index (Phi) is 5.27. The summed E-state index contributed by atoms with van der Waals surface area (Å²) in [5.74, 6) is 0.909. The predicted octanol–water partition coefficient (Wildman–Crippen LogP) is 2.80. The van der Waals surface area contributed by atoms with E-state index in [-0.39, 0.29) is 5.54 Å². The van der Waals surface area contributed by atoms with Gasteiger partial charge in [0.2, 0.25) is 0 Å². The van der Waals surface area contributed by atoms with Crippen LogP contribution in [0.15, 0.2) is 30.5 Å². The number of aromatic nitrogens is 3. The molecule has 25 heavy (non-hydrogen) atoms. The summed E-state index contributed by atoms with van der Waals surface area (Å²) in [6.07, 6.45) is 4.41. The van der Waals surface area contributed by atoms with E-state index in [0.717, 1.165) is 31.1 Å². The summed E-state index contributed by atoms with van der Waals surface area (Å²) in [5.41, 5.74) is 2.19. The zero-order valence-corrected chi connectivity index (χ0v) is 15.7. The summed E-state index contributed by atoms with van der Waals surface area (Å²) in [7, 11) is 1.71. The number of hydrogen-bond donors (Lipinski definition) is 1. The average Bonchev–Trinajstić information content (AvgIpc) is 3.10. The van der Waals surface area contributed by atoms with Crippen molar-refractivity contribution in [1.82, 2.24) is 20.3 Å². The van der Waals surface area contributed by atoms with Crippen molar-refractivity contribution in [2.24, 2.45) is 0 Å². The summed E-state index contributed by atoms with van der Waals surface area (Å²) in [6, 6.07) is 8.76. The minimum atomic E-state index is -0.0285. The number of piperidine rings is 1. The van der Waals surface area contributed by atoms with Gasteiger partial charge in [0.05, 0.1) is 24.5 Å². The van der Waals surface area contributed by atoms with Gasteiger partial charge in [0, 0.05) is 37.4 Å². The second-order valence-corrected chi connectivity index (χ2v) is 7.69. The largest absolute Gasteiger partial charge is 0.497 e. The minimum absolute atomic E-state index is 0.0285. The lowest BCUT2D eigenvalue weighted by Gasteiger charge is -2.35. The minimum Gasteiger partial charge on any atom is -0.497 e. The fourth-order valence-corrected chi connectivity index (χ4v) is 3.14. The average molecular weight is 343 g/mol. The maximum absolute atomic E-state index is 5.35. The van der Waals surface area contributed by atoms with E-state index < -0.39 is 0 Å². The van der Waals surface area contributed by atoms with Crippen molar-refractivity contribution in [2.75, 3.05) is 25.1 Å². The molecule has 1 aliphatic rings. The molecule has 136 valence electrons. The molecule has 1 aromatic heterocycles. The van der Waals surface area contributed by atoms with Crippen molar-refractivity contribution < 1.29 is 4.74 Å². The van der Waals surface area contributed by atoms with Crippen LogP contribution in [0.25, 0.3) is 0 Å². The summed E-state index contributed by atoms with van der Waals surface area (Å²) in [5, 5.41) is 12.2. The number of benzene rings is 1. The molecule has 0 amide bonds. The Morgan fingerprint density at radius 3 is 2.88 bits per heavy atom. The number of ether oxygens (including phenoxy) is 1. The molecule has 6 heteroatoms. The highest BCUT2D eigenvalue weighted by atomic mass is 16.5. The van der Waals surface area contributed by atoms with Gasteiger partial charge in [-0.1, -0.05) is 11.3 Å². The van der Waals surface area contributed by atoms with Gasteiger partial charge >= 0.3 is 0 Å². The van der Waals surface area contributed by atoms with Crippen LogP contribution in [0, 0.1) is 0 Å². The third-order valence-corrected chi connectivity index (χ3v) is 4.64. The standard InChI is InChI=1S/C19H29N5O/c1-19(2,3)24-14-16(21-22-24)12-20-15-7-6-10-23(13-15)17-8-5-9-18(11-17)25-4/h5,8-9,11,14-15,20H,6-7,10,12-13H2,1-4H3. The fraction of sp³-hybridized carbons (Fsp3) is 0.579. The Morgan fingerprint density at radius 1 is 1.32 bits per heavy atom. The second-order valence-electron chi connectivity index (χ2n) is 7.69. The first-order valence-electron chi connectivity index (χ1n) is 9.00. The molecule has 1 unspecified atom stereocenters. The molecular formula is C19H29N5O. The molecular weight excluding hydrogens is 314 g/mol. The first-order chi connectivity index (χ1) is 12.0. The quantitative estimate of drug-likeness (QED) is 0.905. The van der Waals surface area contributed by atoms with Crippen LogP contribution >= 0.6 is 0 Å². The molecule has 1 fully saturated rings. The summed E-state index contributed by atoms with van der Waals surface area (Å²) in [4.78, 5) is 2.43. The Bertz CT molecular complexity index is 691. The smallest absolute Gasteiger partial charge is 0.120 e.